The molecule has 1 heterocycles. The second-order valence-corrected chi connectivity index (χ2v) is 3.60. The van der Waals surface area contributed by atoms with Crippen molar-refractivity contribution < 1.29 is 14.3 Å². The molecule has 0 radical (unpaired) electrons. The van der Waals surface area contributed by atoms with Crippen molar-refractivity contribution in [3.8, 4) is 0 Å². The molecule has 0 atom stereocenters. The average molecular weight is 248 g/mol. The molecule has 0 aliphatic rings. The summed E-state index contributed by atoms with van der Waals surface area (Å²) in [4.78, 5) is 28.6. The molecule has 0 fully saturated rings. The third kappa shape index (κ3) is 4.01. The van der Waals surface area contributed by atoms with Crippen LogP contribution < -0.4 is 0 Å². The van der Waals surface area contributed by atoms with Crippen molar-refractivity contribution in [1.82, 2.24) is 9.88 Å². The highest BCUT2D eigenvalue weighted by molar-refractivity contribution is 5.94. The van der Waals surface area contributed by atoms with Gasteiger partial charge in [-0.2, -0.15) is 0 Å². The smallest absolute Gasteiger partial charge is 0.307 e. The minimum atomic E-state index is -0.341. The molecular formula is C13H16N2O3. The molecule has 0 N–H and O–H groups in total. The topological polar surface area (TPSA) is 59.5 Å². The highest BCUT2D eigenvalue weighted by atomic mass is 16.5. The molecule has 0 aliphatic carbocycles. The lowest BCUT2D eigenvalue weighted by Crippen LogP contribution is -2.33. The van der Waals surface area contributed by atoms with E-state index in [0.29, 0.717) is 18.7 Å². The van der Waals surface area contributed by atoms with Gasteiger partial charge in [0.05, 0.1) is 13.5 Å². The minimum absolute atomic E-state index is 0.152. The zero-order valence-electron chi connectivity index (χ0n) is 10.3. The Morgan fingerprint density at radius 1 is 1.44 bits per heavy atom. The van der Waals surface area contributed by atoms with Crippen LogP contribution in [0.25, 0.3) is 0 Å². The number of nitrogens with zero attached hydrogens (tertiary/aromatic N) is 2. The largest absolute Gasteiger partial charge is 0.469 e. The lowest BCUT2D eigenvalue weighted by atomic mass is 10.2. The summed E-state index contributed by atoms with van der Waals surface area (Å²) in [6, 6.07) is 3.27. The second-order valence-electron chi connectivity index (χ2n) is 3.60. The molecule has 0 spiro atoms. The summed E-state index contributed by atoms with van der Waals surface area (Å²) in [6.45, 7) is 4.29. The molecule has 5 nitrogen and oxygen atoms in total. The van der Waals surface area contributed by atoms with Crippen molar-refractivity contribution in [1.29, 1.82) is 0 Å². The molecular weight excluding hydrogens is 232 g/mol. The fourth-order valence-corrected chi connectivity index (χ4v) is 1.44. The number of amides is 1. The maximum atomic E-state index is 12.1. The van der Waals surface area contributed by atoms with Gasteiger partial charge in [-0.05, 0) is 12.1 Å². The van der Waals surface area contributed by atoms with E-state index < -0.39 is 0 Å². The number of esters is 1. The van der Waals surface area contributed by atoms with Gasteiger partial charge in [0.25, 0.3) is 5.91 Å². The van der Waals surface area contributed by atoms with E-state index in [1.54, 1.807) is 35.5 Å². The van der Waals surface area contributed by atoms with Gasteiger partial charge in [-0.1, -0.05) is 6.08 Å². The molecule has 1 aromatic rings. The van der Waals surface area contributed by atoms with E-state index in [4.69, 9.17) is 0 Å². The number of rotatable bonds is 6. The zero-order valence-corrected chi connectivity index (χ0v) is 10.3. The SMILES string of the molecule is C=CCN(CCC(=O)OC)C(=O)c1ccncc1. The quantitative estimate of drug-likeness (QED) is 0.562. The van der Waals surface area contributed by atoms with Gasteiger partial charge in [0.2, 0.25) is 0 Å². The third-order valence-corrected chi connectivity index (χ3v) is 2.38. The Hall–Kier alpha value is -2.17. The molecule has 18 heavy (non-hydrogen) atoms. The highest BCUT2D eigenvalue weighted by Crippen LogP contribution is 2.05. The molecule has 0 saturated carbocycles. The Bertz CT molecular complexity index is 418. The molecule has 0 saturated heterocycles. The van der Waals surface area contributed by atoms with Crippen LogP contribution in [0.4, 0.5) is 0 Å². The molecule has 0 aromatic carbocycles. The Kier molecular flexibility index (Phi) is 5.57. The summed E-state index contributed by atoms with van der Waals surface area (Å²) in [5.41, 5.74) is 0.539. The predicted octanol–water partition coefficient (Wildman–Crippen LogP) is 1.27. The summed E-state index contributed by atoms with van der Waals surface area (Å²) >= 11 is 0. The van der Waals surface area contributed by atoms with E-state index in [9.17, 15) is 9.59 Å². The molecule has 0 unspecified atom stereocenters. The summed E-state index contributed by atoms with van der Waals surface area (Å²) in [6.07, 6.45) is 4.90. The van der Waals surface area contributed by atoms with Gasteiger partial charge in [-0.3, -0.25) is 14.6 Å². The van der Waals surface area contributed by atoms with Gasteiger partial charge in [-0.25, -0.2) is 0 Å². The van der Waals surface area contributed by atoms with Crippen LogP contribution in [0.1, 0.15) is 16.8 Å². The Labute approximate surface area is 106 Å². The van der Waals surface area contributed by atoms with Crippen LogP contribution in [0.15, 0.2) is 37.2 Å². The normalized spacial score (nSPS) is 9.61. The number of pyridine rings is 1. The minimum Gasteiger partial charge on any atom is -0.469 e. The van der Waals surface area contributed by atoms with Crippen molar-refractivity contribution >= 4 is 11.9 Å². The summed E-state index contributed by atoms with van der Waals surface area (Å²) in [5.74, 6) is -0.493. The molecule has 1 aromatic heterocycles. The fraction of sp³-hybridized carbons (Fsp3) is 0.308. The standard InChI is InChI=1S/C13H16N2O3/c1-3-9-15(10-6-12(16)18-2)13(17)11-4-7-14-8-5-11/h3-5,7-8H,1,6,9-10H2,2H3. The molecule has 5 heteroatoms. The lowest BCUT2D eigenvalue weighted by Gasteiger charge is -2.20. The van der Waals surface area contributed by atoms with Crippen LogP contribution in [0.2, 0.25) is 0 Å². The molecule has 1 amide bonds. The number of hydrogen-bond acceptors (Lipinski definition) is 4. The van der Waals surface area contributed by atoms with Gasteiger partial charge < -0.3 is 9.64 Å². The number of aromatic nitrogens is 1. The van der Waals surface area contributed by atoms with Crippen LogP contribution in [0, 0.1) is 0 Å². The van der Waals surface area contributed by atoms with E-state index in [2.05, 4.69) is 16.3 Å². The van der Waals surface area contributed by atoms with E-state index in [1.165, 1.54) is 7.11 Å². The van der Waals surface area contributed by atoms with Gasteiger partial charge in [0, 0.05) is 31.0 Å². The van der Waals surface area contributed by atoms with Crippen LogP contribution in [0.5, 0.6) is 0 Å². The van der Waals surface area contributed by atoms with Crippen molar-refractivity contribution in [3.05, 3.63) is 42.7 Å². The lowest BCUT2D eigenvalue weighted by molar-refractivity contribution is -0.140. The van der Waals surface area contributed by atoms with Crippen LogP contribution in [-0.2, 0) is 9.53 Å². The van der Waals surface area contributed by atoms with E-state index >= 15 is 0 Å². The first kappa shape index (κ1) is 13.9. The van der Waals surface area contributed by atoms with Crippen molar-refractivity contribution in [2.75, 3.05) is 20.2 Å². The Balaban J connectivity index is 2.69. The number of carbonyl (C=O) groups is 2. The van der Waals surface area contributed by atoms with Gasteiger partial charge >= 0.3 is 5.97 Å². The highest BCUT2D eigenvalue weighted by Gasteiger charge is 2.15. The van der Waals surface area contributed by atoms with Crippen LogP contribution >= 0.6 is 0 Å². The summed E-state index contributed by atoms with van der Waals surface area (Å²) < 4.78 is 4.55. The van der Waals surface area contributed by atoms with Gasteiger partial charge in [0.15, 0.2) is 0 Å². The molecule has 1 rings (SSSR count). The number of ether oxygens (including phenoxy) is 1. The predicted molar refractivity (Wildman–Crippen MR) is 67.0 cm³/mol. The maximum absolute atomic E-state index is 12.1. The molecule has 0 aliphatic heterocycles. The second kappa shape index (κ2) is 7.21. The van der Waals surface area contributed by atoms with E-state index in [0.717, 1.165) is 0 Å². The van der Waals surface area contributed by atoms with E-state index in [1.807, 2.05) is 0 Å². The number of carbonyl (C=O) groups excluding carboxylic acids is 2. The van der Waals surface area contributed by atoms with Crippen molar-refractivity contribution in [3.63, 3.8) is 0 Å². The third-order valence-electron chi connectivity index (χ3n) is 2.38. The average Bonchev–Trinajstić information content (AvgIpc) is 2.43. The molecule has 0 bridgehead atoms. The first-order chi connectivity index (χ1) is 8.69. The van der Waals surface area contributed by atoms with Gasteiger partial charge in [-0.15, -0.1) is 6.58 Å². The fourth-order valence-electron chi connectivity index (χ4n) is 1.44. The first-order valence-electron chi connectivity index (χ1n) is 5.56. The summed E-state index contributed by atoms with van der Waals surface area (Å²) in [5, 5.41) is 0. The van der Waals surface area contributed by atoms with Crippen molar-refractivity contribution in [2.45, 2.75) is 6.42 Å². The maximum Gasteiger partial charge on any atom is 0.307 e. The van der Waals surface area contributed by atoms with Crippen LogP contribution in [-0.4, -0.2) is 42.0 Å². The monoisotopic (exact) mass is 248 g/mol. The Morgan fingerprint density at radius 3 is 2.67 bits per heavy atom. The molecule has 96 valence electrons. The first-order valence-corrected chi connectivity index (χ1v) is 5.56. The zero-order chi connectivity index (χ0) is 13.4. The van der Waals surface area contributed by atoms with Crippen LogP contribution in [0.3, 0.4) is 0 Å². The Morgan fingerprint density at radius 2 is 2.11 bits per heavy atom. The number of hydrogen-bond donors (Lipinski definition) is 0. The van der Waals surface area contributed by atoms with Crippen molar-refractivity contribution in [2.24, 2.45) is 0 Å². The van der Waals surface area contributed by atoms with Gasteiger partial charge in [0.1, 0.15) is 0 Å². The summed E-state index contributed by atoms with van der Waals surface area (Å²) in [7, 11) is 1.32. The van der Waals surface area contributed by atoms with E-state index in [-0.39, 0.29) is 18.3 Å². The number of methoxy groups -OCH3 is 1.